The van der Waals surface area contributed by atoms with Crippen LogP contribution in [0, 0.1) is 5.82 Å². The summed E-state index contributed by atoms with van der Waals surface area (Å²) in [5, 5.41) is 10.0. The molecule has 6 heteroatoms. The molecule has 1 aliphatic rings. The van der Waals surface area contributed by atoms with Gasteiger partial charge >= 0.3 is 0 Å². The quantitative estimate of drug-likeness (QED) is 0.830. The summed E-state index contributed by atoms with van der Waals surface area (Å²) in [5.41, 5.74) is 4.06. The van der Waals surface area contributed by atoms with Crippen LogP contribution in [0.25, 0.3) is 0 Å². The van der Waals surface area contributed by atoms with Crippen LogP contribution in [-0.4, -0.2) is 40.5 Å². The molecule has 3 N–H and O–H groups in total. The van der Waals surface area contributed by atoms with E-state index in [1.54, 1.807) is 6.07 Å². The van der Waals surface area contributed by atoms with Gasteiger partial charge in [-0.05, 0) is 30.5 Å². The van der Waals surface area contributed by atoms with Crippen LogP contribution in [-0.2, 0) is 16.0 Å². The lowest BCUT2D eigenvalue weighted by molar-refractivity contribution is -0.148. The van der Waals surface area contributed by atoms with Crippen molar-refractivity contribution < 1.29 is 19.1 Å². The van der Waals surface area contributed by atoms with Gasteiger partial charge in [-0.3, -0.25) is 9.59 Å². The van der Waals surface area contributed by atoms with E-state index >= 15 is 0 Å². The first-order chi connectivity index (χ1) is 9.40. The Balaban J connectivity index is 2.04. The van der Waals surface area contributed by atoms with Crippen LogP contribution in [0.3, 0.4) is 0 Å². The summed E-state index contributed by atoms with van der Waals surface area (Å²) < 4.78 is 13.1. The van der Waals surface area contributed by atoms with E-state index in [4.69, 9.17) is 5.73 Å². The summed E-state index contributed by atoms with van der Waals surface area (Å²) in [6.45, 7) is 0.361. The monoisotopic (exact) mass is 280 g/mol. The van der Waals surface area contributed by atoms with E-state index in [9.17, 15) is 19.1 Å². The molecule has 0 aromatic heterocycles. The third-order valence-electron chi connectivity index (χ3n) is 3.53. The number of hydrogen-bond donors (Lipinski definition) is 2. The summed E-state index contributed by atoms with van der Waals surface area (Å²) in [6, 6.07) is 5.79. The minimum absolute atomic E-state index is 0.0343. The molecule has 2 amide bonds. The Morgan fingerprint density at radius 1 is 1.45 bits per heavy atom. The molecule has 0 bridgehead atoms. The summed E-state index contributed by atoms with van der Waals surface area (Å²) in [4.78, 5) is 24.8. The Morgan fingerprint density at radius 2 is 2.20 bits per heavy atom. The van der Waals surface area contributed by atoms with E-state index in [1.807, 2.05) is 0 Å². The number of halogens is 1. The Labute approximate surface area is 116 Å². The molecule has 0 saturated carbocycles. The topological polar surface area (TPSA) is 83.6 Å². The zero-order valence-electron chi connectivity index (χ0n) is 11.0. The minimum atomic E-state index is -1.66. The molecule has 108 valence electrons. The van der Waals surface area contributed by atoms with Gasteiger partial charge in [0, 0.05) is 6.54 Å². The predicted molar refractivity (Wildman–Crippen MR) is 70.1 cm³/mol. The number of amides is 2. The van der Waals surface area contributed by atoms with Crippen molar-refractivity contribution in [2.75, 3.05) is 13.1 Å². The number of nitrogens with zero attached hydrogens (tertiary/aromatic N) is 1. The number of carbonyl (C=O) groups is 2. The highest BCUT2D eigenvalue weighted by Gasteiger charge is 2.39. The van der Waals surface area contributed by atoms with E-state index in [-0.39, 0.29) is 25.3 Å². The molecule has 1 saturated heterocycles. The maximum absolute atomic E-state index is 13.1. The highest BCUT2D eigenvalue weighted by Crippen LogP contribution is 2.21. The average Bonchev–Trinajstić information content (AvgIpc) is 2.38. The number of primary amides is 1. The second-order valence-electron chi connectivity index (χ2n) is 5.12. The molecule has 1 unspecified atom stereocenters. The Kier molecular flexibility index (Phi) is 4.04. The van der Waals surface area contributed by atoms with Crippen LogP contribution < -0.4 is 5.73 Å². The number of aliphatic hydroxyl groups is 1. The van der Waals surface area contributed by atoms with Gasteiger partial charge in [0.15, 0.2) is 5.60 Å². The highest BCUT2D eigenvalue weighted by atomic mass is 19.1. The van der Waals surface area contributed by atoms with E-state index in [2.05, 4.69) is 0 Å². The standard InChI is InChI=1S/C14H17FN2O3/c15-11-4-1-3-10(7-11)8-12(18)17-6-2-5-14(20,9-17)13(16)19/h1,3-4,7,20H,2,5-6,8-9H2,(H2,16,19). The van der Waals surface area contributed by atoms with Gasteiger partial charge in [0.1, 0.15) is 5.82 Å². The summed E-state index contributed by atoms with van der Waals surface area (Å²) in [5.74, 6) is -1.47. The zero-order chi connectivity index (χ0) is 14.8. The number of nitrogens with two attached hydrogens (primary N) is 1. The molecule has 1 aromatic carbocycles. The molecule has 2 rings (SSSR count). The lowest BCUT2D eigenvalue weighted by atomic mass is 9.92. The molecular formula is C14H17FN2O3. The number of likely N-dealkylation sites (tertiary alicyclic amines) is 1. The average molecular weight is 280 g/mol. The van der Waals surface area contributed by atoms with Crippen LogP contribution in [0.2, 0.25) is 0 Å². The van der Waals surface area contributed by atoms with Crippen molar-refractivity contribution in [3.05, 3.63) is 35.6 Å². The third-order valence-corrected chi connectivity index (χ3v) is 3.53. The smallest absolute Gasteiger partial charge is 0.251 e. The molecule has 5 nitrogen and oxygen atoms in total. The van der Waals surface area contributed by atoms with Gasteiger partial charge in [0.25, 0.3) is 5.91 Å². The Hall–Kier alpha value is -1.95. The van der Waals surface area contributed by atoms with E-state index in [0.717, 1.165) is 0 Å². The molecule has 0 aliphatic carbocycles. The second kappa shape index (κ2) is 5.58. The molecule has 1 aromatic rings. The fourth-order valence-corrected chi connectivity index (χ4v) is 2.38. The van der Waals surface area contributed by atoms with Crippen molar-refractivity contribution in [2.45, 2.75) is 24.9 Å². The first-order valence-electron chi connectivity index (χ1n) is 6.45. The predicted octanol–water partition coefficient (Wildman–Crippen LogP) is 0.207. The molecule has 0 spiro atoms. The zero-order valence-corrected chi connectivity index (χ0v) is 11.0. The van der Waals surface area contributed by atoms with Crippen molar-refractivity contribution in [2.24, 2.45) is 5.73 Å². The number of carbonyl (C=O) groups excluding carboxylic acids is 2. The molecular weight excluding hydrogens is 263 g/mol. The molecule has 1 heterocycles. The maximum atomic E-state index is 13.1. The van der Waals surface area contributed by atoms with Crippen molar-refractivity contribution in [1.29, 1.82) is 0 Å². The van der Waals surface area contributed by atoms with Gasteiger partial charge in [-0.2, -0.15) is 0 Å². The van der Waals surface area contributed by atoms with Crippen LogP contribution in [0.15, 0.2) is 24.3 Å². The first kappa shape index (κ1) is 14.5. The minimum Gasteiger partial charge on any atom is -0.378 e. The molecule has 0 radical (unpaired) electrons. The lowest BCUT2D eigenvalue weighted by Gasteiger charge is -2.37. The number of β-amino-alcohol motifs (C(OH)–C–C–N with tert-alkyl or cyclic N) is 1. The van der Waals surface area contributed by atoms with Crippen molar-refractivity contribution in [3.63, 3.8) is 0 Å². The van der Waals surface area contributed by atoms with E-state index < -0.39 is 17.3 Å². The van der Waals surface area contributed by atoms with Gasteiger partial charge in [0.05, 0.1) is 13.0 Å². The summed E-state index contributed by atoms with van der Waals surface area (Å²) in [6.07, 6.45) is 0.799. The van der Waals surface area contributed by atoms with Crippen molar-refractivity contribution >= 4 is 11.8 Å². The Bertz CT molecular complexity index is 535. The highest BCUT2D eigenvalue weighted by molar-refractivity contribution is 5.85. The lowest BCUT2D eigenvalue weighted by Crippen LogP contribution is -2.57. The van der Waals surface area contributed by atoms with Gasteiger partial charge in [-0.25, -0.2) is 4.39 Å². The van der Waals surface area contributed by atoms with Crippen LogP contribution in [0.1, 0.15) is 18.4 Å². The number of rotatable bonds is 3. The van der Waals surface area contributed by atoms with E-state index in [1.165, 1.54) is 23.1 Å². The number of benzene rings is 1. The van der Waals surface area contributed by atoms with Gasteiger partial charge in [0.2, 0.25) is 5.91 Å². The van der Waals surface area contributed by atoms with Crippen molar-refractivity contribution in [1.82, 2.24) is 4.90 Å². The number of hydrogen-bond acceptors (Lipinski definition) is 3. The third kappa shape index (κ3) is 3.14. The SMILES string of the molecule is NC(=O)C1(O)CCCN(C(=O)Cc2cccc(F)c2)C1. The second-order valence-corrected chi connectivity index (χ2v) is 5.12. The van der Waals surface area contributed by atoms with Gasteiger partial charge < -0.3 is 15.7 Å². The maximum Gasteiger partial charge on any atom is 0.251 e. The van der Waals surface area contributed by atoms with Gasteiger partial charge in [-0.15, -0.1) is 0 Å². The first-order valence-corrected chi connectivity index (χ1v) is 6.45. The fourth-order valence-electron chi connectivity index (χ4n) is 2.38. The summed E-state index contributed by atoms with van der Waals surface area (Å²) >= 11 is 0. The largest absolute Gasteiger partial charge is 0.378 e. The van der Waals surface area contributed by atoms with Crippen LogP contribution in [0.4, 0.5) is 4.39 Å². The molecule has 20 heavy (non-hydrogen) atoms. The fraction of sp³-hybridized carbons (Fsp3) is 0.429. The number of piperidine rings is 1. The van der Waals surface area contributed by atoms with Crippen LogP contribution >= 0.6 is 0 Å². The van der Waals surface area contributed by atoms with Crippen LogP contribution in [0.5, 0.6) is 0 Å². The van der Waals surface area contributed by atoms with Crippen molar-refractivity contribution in [3.8, 4) is 0 Å². The van der Waals surface area contributed by atoms with E-state index in [0.29, 0.717) is 18.5 Å². The molecule has 1 aliphatic heterocycles. The normalized spacial score (nSPS) is 22.6. The Morgan fingerprint density at radius 3 is 2.85 bits per heavy atom. The summed E-state index contributed by atoms with van der Waals surface area (Å²) in [7, 11) is 0. The molecule has 1 atom stereocenters. The van der Waals surface area contributed by atoms with Gasteiger partial charge in [-0.1, -0.05) is 12.1 Å². The molecule has 1 fully saturated rings.